The normalized spacial score (nSPS) is 16.7. The number of carbonyl (C=O) groups is 3. The standard InChI is InChI=1S/C32H31N3O10/c1-3-7-18-14-19(15-27(44-4-2)32(18)45-26-13-12-20(34(40)41)16-23(26)35(42)43)29-30-21(8-5-10-24(30)36)33(17-28(38)39)22-9-6-11-25(37)31(22)29/h3,12-16,29H,1,4-11,17H2,2H3,(H,38,39). The highest BCUT2D eigenvalue weighted by atomic mass is 16.6. The topological polar surface area (TPSA) is 179 Å². The molecule has 2 aromatic carbocycles. The Morgan fingerprint density at radius 1 is 1.00 bits per heavy atom. The summed E-state index contributed by atoms with van der Waals surface area (Å²) in [5.74, 6) is -2.11. The minimum Gasteiger partial charge on any atom is -0.490 e. The summed E-state index contributed by atoms with van der Waals surface area (Å²) in [4.78, 5) is 62.3. The summed E-state index contributed by atoms with van der Waals surface area (Å²) in [6, 6.07) is 6.44. The van der Waals surface area contributed by atoms with Gasteiger partial charge in [0.25, 0.3) is 5.69 Å². The van der Waals surface area contributed by atoms with Crippen LogP contribution in [0.3, 0.4) is 0 Å². The Morgan fingerprint density at radius 2 is 1.64 bits per heavy atom. The molecule has 1 aliphatic heterocycles. The number of allylic oxidation sites excluding steroid dienone is 5. The second-order valence-electron chi connectivity index (χ2n) is 10.9. The molecule has 5 rings (SSSR count). The number of nitrogens with zero attached hydrogens (tertiary/aromatic N) is 3. The molecule has 0 saturated carbocycles. The van der Waals surface area contributed by atoms with Gasteiger partial charge in [0.05, 0.1) is 22.5 Å². The van der Waals surface area contributed by atoms with Crippen molar-refractivity contribution in [2.75, 3.05) is 13.2 Å². The van der Waals surface area contributed by atoms with Crippen molar-refractivity contribution in [1.82, 2.24) is 4.90 Å². The number of hydrogen-bond donors (Lipinski definition) is 1. The second-order valence-corrected chi connectivity index (χ2v) is 10.9. The predicted octanol–water partition coefficient (Wildman–Crippen LogP) is 5.92. The first-order valence-corrected chi connectivity index (χ1v) is 14.6. The largest absolute Gasteiger partial charge is 0.490 e. The summed E-state index contributed by atoms with van der Waals surface area (Å²) in [5, 5.41) is 32.8. The molecule has 0 fully saturated rings. The van der Waals surface area contributed by atoms with E-state index in [0.717, 1.165) is 18.2 Å². The number of nitro benzene ring substituents is 2. The quantitative estimate of drug-likeness (QED) is 0.180. The van der Waals surface area contributed by atoms with Crippen LogP contribution in [0.25, 0.3) is 0 Å². The molecule has 45 heavy (non-hydrogen) atoms. The van der Waals surface area contributed by atoms with Crippen molar-refractivity contribution in [3.05, 3.63) is 96.9 Å². The fourth-order valence-corrected chi connectivity index (χ4v) is 6.37. The van der Waals surface area contributed by atoms with E-state index in [4.69, 9.17) is 9.47 Å². The molecule has 13 heteroatoms. The Kier molecular flexibility index (Phi) is 8.80. The lowest BCUT2D eigenvalue weighted by Crippen LogP contribution is -2.41. The SMILES string of the molecule is C=CCc1cc(C2C3=C(CCCC3=O)N(CC(=O)O)C3=C2C(=O)CCC3)cc(OCC)c1Oc1ccc([N+](=O)[O-])cc1[N+](=O)[O-]. The molecule has 1 N–H and O–H groups in total. The highest BCUT2D eigenvalue weighted by Crippen LogP contribution is 2.51. The van der Waals surface area contributed by atoms with Crippen molar-refractivity contribution >= 4 is 28.9 Å². The number of carboxylic acids is 1. The molecule has 0 radical (unpaired) electrons. The smallest absolute Gasteiger partial charge is 0.323 e. The van der Waals surface area contributed by atoms with Gasteiger partial charge in [-0.2, -0.15) is 0 Å². The zero-order valence-electron chi connectivity index (χ0n) is 24.6. The van der Waals surface area contributed by atoms with E-state index >= 15 is 0 Å². The summed E-state index contributed by atoms with van der Waals surface area (Å²) in [6.45, 7) is 5.37. The molecule has 0 bridgehead atoms. The van der Waals surface area contributed by atoms with Gasteiger partial charge in [-0.15, -0.1) is 6.58 Å². The summed E-state index contributed by atoms with van der Waals surface area (Å²) < 4.78 is 12.0. The van der Waals surface area contributed by atoms with E-state index in [-0.39, 0.29) is 61.2 Å². The third kappa shape index (κ3) is 5.93. The molecule has 0 unspecified atom stereocenters. The molecule has 2 aromatic rings. The lowest BCUT2D eigenvalue weighted by Gasteiger charge is -2.43. The van der Waals surface area contributed by atoms with Crippen LogP contribution in [-0.4, -0.2) is 50.5 Å². The molecule has 0 saturated heterocycles. The first-order valence-electron chi connectivity index (χ1n) is 14.6. The Balaban J connectivity index is 1.72. The molecule has 3 aliphatic rings. The van der Waals surface area contributed by atoms with E-state index in [1.54, 1.807) is 30.0 Å². The number of aliphatic carboxylic acids is 1. The van der Waals surface area contributed by atoms with Crippen molar-refractivity contribution in [3.63, 3.8) is 0 Å². The molecule has 0 aromatic heterocycles. The number of ketones is 2. The lowest BCUT2D eigenvalue weighted by molar-refractivity contribution is -0.394. The summed E-state index contributed by atoms with van der Waals surface area (Å²) in [7, 11) is 0. The first kappa shape index (κ1) is 31.1. The minimum absolute atomic E-state index is 0.120. The first-order chi connectivity index (χ1) is 21.5. The average Bonchev–Trinajstić information content (AvgIpc) is 2.99. The predicted molar refractivity (Wildman–Crippen MR) is 160 cm³/mol. The van der Waals surface area contributed by atoms with Gasteiger partial charge in [-0.05, 0) is 56.7 Å². The van der Waals surface area contributed by atoms with Gasteiger partial charge in [0, 0.05) is 52.9 Å². The van der Waals surface area contributed by atoms with Crippen LogP contribution in [0.1, 0.15) is 62.5 Å². The van der Waals surface area contributed by atoms with Gasteiger partial charge >= 0.3 is 11.7 Å². The molecule has 234 valence electrons. The number of carbonyl (C=O) groups excluding carboxylic acids is 2. The zero-order chi connectivity index (χ0) is 32.4. The van der Waals surface area contributed by atoms with Crippen LogP contribution < -0.4 is 9.47 Å². The Morgan fingerprint density at radius 3 is 2.18 bits per heavy atom. The maximum Gasteiger partial charge on any atom is 0.323 e. The zero-order valence-corrected chi connectivity index (χ0v) is 24.6. The van der Waals surface area contributed by atoms with Crippen molar-refractivity contribution in [2.24, 2.45) is 0 Å². The molecule has 0 atom stereocenters. The van der Waals surface area contributed by atoms with Crippen LogP contribution in [0.4, 0.5) is 11.4 Å². The van der Waals surface area contributed by atoms with Gasteiger partial charge in [0.2, 0.25) is 5.75 Å². The third-order valence-corrected chi connectivity index (χ3v) is 8.09. The number of ether oxygens (including phenoxy) is 2. The fourth-order valence-electron chi connectivity index (χ4n) is 6.37. The molecule has 0 spiro atoms. The van der Waals surface area contributed by atoms with E-state index in [2.05, 4.69) is 6.58 Å². The molecule has 2 aliphatic carbocycles. The monoisotopic (exact) mass is 617 g/mol. The van der Waals surface area contributed by atoms with E-state index < -0.39 is 33.1 Å². The van der Waals surface area contributed by atoms with Crippen LogP contribution >= 0.6 is 0 Å². The third-order valence-electron chi connectivity index (χ3n) is 8.09. The van der Waals surface area contributed by atoms with Crippen LogP contribution in [0, 0.1) is 20.2 Å². The highest BCUT2D eigenvalue weighted by molar-refractivity contribution is 6.06. The lowest BCUT2D eigenvalue weighted by atomic mass is 9.70. The van der Waals surface area contributed by atoms with E-state index in [1.807, 2.05) is 0 Å². The highest BCUT2D eigenvalue weighted by Gasteiger charge is 2.44. The Labute approximate surface area is 257 Å². The Hall–Kier alpha value is -5.33. The fraction of sp³-hybridized carbons (Fsp3) is 0.344. The van der Waals surface area contributed by atoms with Crippen LogP contribution in [0.2, 0.25) is 0 Å². The van der Waals surface area contributed by atoms with Crippen LogP contribution in [0.5, 0.6) is 17.2 Å². The summed E-state index contributed by atoms with van der Waals surface area (Å²) in [5.41, 5.74) is 1.96. The Bertz CT molecular complexity index is 1660. The number of hydrogen-bond acceptors (Lipinski definition) is 10. The molecule has 1 heterocycles. The van der Waals surface area contributed by atoms with Gasteiger partial charge < -0.3 is 19.5 Å². The number of Topliss-reactive ketones (excluding diaryl/α,β-unsaturated/α-hetero) is 2. The maximum atomic E-state index is 13.6. The molecule has 13 nitrogen and oxygen atoms in total. The van der Waals surface area contributed by atoms with Crippen molar-refractivity contribution in [3.8, 4) is 17.2 Å². The van der Waals surface area contributed by atoms with Gasteiger partial charge in [-0.25, -0.2) is 0 Å². The van der Waals surface area contributed by atoms with Gasteiger partial charge in [0.15, 0.2) is 23.1 Å². The average molecular weight is 618 g/mol. The number of benzene rings is 2. The van der Waals surface area contributed by atoms with Gasteiger partial charge in [-0.1, -0.05) is 12.1 Å². The minimum atomic E-state index is -1.07. The number of nitro groups is 2. The molecule has 0 amide bonds. The van der Waals surface area contributed by atoms with Gasteiger partial charge in [0.1, 0.15) is 6.54 Å². The molecular weight excluding hydrogens is 586 g/mol. The summed E-state index contributed by atoms with van der Waals surface area (Å²) in [6.07, 6.45) is 4.41. The molecular formula is C32H31N3O10. The van der Waals surface area contributed by atoms with Gasteiger partial charge in [-0.3, -0.25) is 34.6 Å². The van der Waals surface area contributed by atoms with Crippen molar-refractivity contribution in [2.45, 2.75) is 57.8 Å². The number of non-ortho nitro benzene ring substituents is 1. The van der Waals surface area contributed by atoms with Crippen LogP contribution in [-0.2, 0) is 20.8 Å². The second kappa shape index (κ2) is 12.7. The number of carboxylic acid groups (broad SMARTS) is 1. The van der Waals surface area contributed by atoms with Crippen molar-refractivity contribution < 1.29 is 38.8 Å². The van der Waals surface area contributed by atoms with E-state index in [9.17, 15) is 39.7 Å². The maximum absolute atomic E-state index is 13.6. The summed E-state index contributed by atoms with van der Waals surface area (Å²) >= 11 is 0. The van der Waals surface area contributed by atoms with E-state index in [1.165, 1.54) is 0 Å². The van der Waals surface area contributed by atoms with E-state index in [0.29, 0.717) is 59.4 Å². The van der Waals surface area contributed by atoms with Crippen LogP contribution in [0.15, 0.2) is 65.5 Å². The van der Waals surface area contributed by atoms with Crippen molar-refractivity contribution in [1.29, 1.82) is 0 Å². The number of rotatable bonds is 11.